The van der Waals surface area contributed by atoms with E-state index < -0.39 is 27.3 Å². The second kappa shape index (κ2) is 8.44. The summed E-state index contributed by atoms with van der Waals surface area (Å²) in [6.07, 6.45) is 0. The maximum absolute atomic E-state index is 13.9. The van der Waals surface area contributed by atoms with Crippen LogP contribution in [-0.4, -0.2) is 22.1 Å². The van der Waals surface area contributed by atoms with Gasteiger partial charge in [0, 0.05) is 11.3 Å². The Morgan fingerprint density at radius 3 is 2.28 bits per heavy atom. The second-order valence-electron chi connectivity index (χ2n) is 5.85. The lowest BCUT2D eigenvalue weighted by atomic mass is 10.0. The Kier molecular flexibility index (Phi) is 5.97. The van der Waals surface area contributed by atoms with Gasteiger partial charge in [-0.25, -0.2) is 12.8 Å². The molecule has 0 amide bonds. The van der Waals surface area contributed by atoms with Crippen molar-refractivity contribution in [3.05, 3.63) is 72.5 Å². The summed E-state index contributed by atoms with van der Waals surface area (Å²) in [5, 5.41) is 0. The maximum Gasteiger partial charge on any atom is 0.387 e. The first-order chi connectivity index (χ1) is 13.8. The quantitative estimate of drug-likeness (QED) is 0.587. The zero-order valence-electron chi connectivity index (χ0n) is 15.1. The van der Waals surface area contributed by atoms with Crippen LogP contribution in [0, 0.1) is 5.82 Å². The molecule has 0 atom stereocenters. The molecule has 0 bridgehead atoms. The molecule has 0 radical (unpaired) electrons. The number of anilines is 1. The maximum atomic E-state index is 13.9. The number of alkyl halides is 2. The number of methoxy groups -OCH3 is 1. The third kappa shape index (κ3) is 4.80. The van der Waals surface area contributed by atoms with Crippen molar-refractivity contribution < 1.29 is 31.1 Å². The van der Waals surface area contributed by atoms with E-state index in [9.17, 15) is 21.6 Å². The first kappa shape index (κ1) is 20.5. The standard InChI is InChI=1S/C20H16F3NO4S/c1-27-15-9-6-13(7-10-15)16-12-14(8-11-18(16)28-20(22)23)24-29(25,26)19-5-3-2-4-17(19)21/h2-12,20,24H,1H3. The Hall–Kier alpha value is -3.20. The fourth-order valence-corrected chi connectivity index (χ4v) is 3.79. The number of halogens is 3. The van der Waals surface area contributed by atoms with Gasteiger partial charge in [0.15, 0.2) is 0 Å². The molecule has 152 valence electrons. The molecule has 3 rings (SSSR count). The van der Waals surface area contributed by atoms with E-state index in [2.05, 4.69) is 9.46 Å². The topological polar surface area (TPSA) is 64.6 Å². The van der Waals surface area contributed by atoms with Crippen LogP contribution in [0.4, 0.5) is 18.9 Å². The van der Waals surface area contributed by atoms with E-state index in [-0.39, 0.29) is 17.0 Å². The zero-order valence-corrected chi connectivity index (χ0v) is 15.9. The fourth-order valence-electron chi connectivity index (χ4n) is 2.66. The number of hydrogen-bond acceptors (Lipinski definition) is 4. The summed E-state index contributed by atoms with van der Waals surface area (Å²) in [5.41, 5.74) is 0.774. The largest absolute Gasteiger partial charge is 0.497 e. The highest BCUT2D eigenvalue weighted by atomic mass is 32.2. The molecular formula is C20H16F3NO4S. The first-order valence-corrected chi connectivity index (χ1v) is 9.79. The monoisotopic (exact) mass is 423 g/mol. The molecule has 9 heteroatoms. The summed E-state index contributed by atoms with van der Waals surface area (Å²) in [4.78, 5) is -0.529. The van der Waals surface area contributed by atoms with Crippen molar-refractivity contribution in [3.8, 4) is 22.6 Å². The van der Waals surface area contributed by atoms with Crippen LogP contribution in [0.15, 0.2) is 71.6 Å². The third-order valence-electron chi connectivity index (χ3n) is 3.98. The smallest absolute Gasteiger partial charge is 0.387 e. The summed E-state index contributed by atoms with van der Waals surface area (Å²) < 4.78 is 76.3. The van der Waals surface area contributed by atoms with Crippen molar-refractivity contribution in [1.29, 1.82) is 0 Å². The van der Waals surface area contributed by atoms with Crippen molar-refractivity contribution >= 4 is 15.7 Å². The van der Waals surface area contributed by atoms with Crippen LogP contribution >= 0.6 is 0 Å². The molecule has 0 fully saturated rings. The molecule has 0 spiro atoms. The van der Waals surface area contributed by atoms with E-state index >= 15 is 0 Å². The lowest BCUT2D eigenvalue weighted by Gasteiger charge is -2.15. The van der Waals surface area contributed by atoms with E-state index in [4.69, 9.17) is 4.74 Å². The van der Waals surface area contributed by atoms with Gasteiger partial charge < -0.3 is 9.47 Å². The number of ether oxygens (including phenoxy) is 2. The van der Waals surface area contributed by atoms with Crippen LogP contribution in [0.25, 0.3) is 11.1 Å². The Morgan fingerprint density at radius 2 is 1.66 bits per heavy atom. The molecule has 0 aliphatic rings. The molecule has 0 saturated heterocycles. The van der Waals surface area contributed by atoms with Crippen molar-refractivity contribution in [1.82, 2.24) is 0 Å². The minimum atomic E-state index is -4.22. The highest BCUT2D eigenvalue weighted by Gasteiger charge is 2.20. The molecule has 3 aromatic rings. The van der Waals surface area contributed by atoms with Crippen LogP contribution in [0.1, 0.15) is 0 Å². The van der Waals surface area contributed by atoms with Gasteiger partial charge in [0.25, 0.3) is 10.0 Å². The molecule has 1 N–H and O–H groups in total. The Morgan fingerprint density at radius 1 is 0.966 bits per heavy atom. The van der Waals surface area contributed by atoms with Crippen LogP contribution in [0.2, 0.25) is 0 Å². The minimum Gasteiger partial charge on any atom is -0.497 e. The molecule has 5 nitrogen and oxygen atoms in total. The summed E-state index contributed by atoms with van der Waals surface area (Å²) in [6, 6.07) is 15.2. The molecule has 0 aliphatic carbocycles. The Labute approximate surface area is 165 Å². The third-order valence-corrected chi connectivity index (χ3v) is 5.39. The van der Waals surface area contributed by atoms with Gasteiger partial charge in [-0.1, -0.05) is 24.3 Å². The summed E-state index contributed by atoms with van der Waals surface area (Å²) >= 11 is 0. The van der Waals surface area contributed by atoms with Gasteiger partial charge in [-0.2, -0.15) is 8.78 Å². The number of benzene rings is 3. The molecule has 0 unspecified atom stereocenters. The van der Waals surface area contributed by atoms with Crippen LogP contribution in [0.3, 0.4) is 0 Å². The normalized spacial score (nSPS) is 11.3. The van der Waals surface area contributed by atoms with Gasteiger partial charge in [0.2, 0.25) is 0 Å². The summed E-state index contributed by atoms with van der Waals surface area (Å²) in [6.45, 7) is -3.06. The van der Waals surface area contributed by atoms with Gasteiger partial charge in [-0.15, -0.1) is 0 Å². The average Bonchev–Trinajstić information content (AvgIpc) is 2.69. The van der Waals surface area contributed by atoms with Crippen LogP contribution in [0.5, 0.6) is 11.5 Å². The van der Waals surface area contributed by atoms with Crippen molar-refractivity contribution in [2.24, 2.45) is 0 Å². The van der Waals surface area contributed by atoms with Gasteiger partial charge in [0.1, 0.15) is 22.2 Å². The van der Waals surface area contributed by atoms with E-state index in [0.29, 0.717) is 11.3 Å². The number of hydrogen-bond donors (Lipinski definition) is 1. The van der Waals surface area contributed by atoms with Crippen molar-refractivity contribution in [2.75, 3.05) is 11.8 Å². The summed E-state index contributed by atoms with van der Waals surface area (Å²) in [7, 11) is -2.74. The number of nitrogens with one attached hydrogen (secondary N) is 1. The highest BCUT2D eigenvalue weighted by molar-refractivity contribution is 7.92. The molecule has 3 aromatic carbocycles. The predicted octanol–water partition coefficient (Wildman–Crippen LogP) is 4.90. The SMILES string of the molecule is COc1ccc(-c2cc(NS(=O)(=O)c3ccccc3F)ccc2OC(F)F)cc1. The second-order valence-corrected chi connectivity index (χ2v) is 7.50. The molecular weight excluding hydrogens is 407 g/mol. The molecule has 0 saturated carbocycles. The minimum absolute atomic E-state index is 0.0562. The van der Waals surface area contributed by atoms with Crippen LogP contribution < -0.4 is 14.2 Å². The van der Waals surface area contributed by atoms with Crippen molar-refractivity contribution in [3.63, 3.8) is 0 Å². The Balaban J connectivity index is 2.01. The lowest BCUT2D eigenvalue weighted by Crippen LogP contribution is -2.14. The van der Waals surface area contributed by atoms with Crippen LogP contribution in [-0.2, 0) is 10.0 Å². The average molecular weight is 423 g/mol. The molecule has 29 heavy (non-hydrogen) atoms. The highest BCUT2D eigenvalue weighted by Crippen LogP contribution is 2.35. The zero-order chi connectivity index (χ0) is 21.0. The van der Waals surface area contributed by atoms with E-state index in [1.54, 1.807) is 24.3 Å². The van der Waals surface area contributed by atoms with Gasteiger partial charge in [-0.3, -0.25) is 4.72 Å². The van der Waals surface area contributed by atoms with Gasteiger partial charge in [-0.05, 0) is 48.0 Å². The fraction of sp³-hybridized carbons (Fsp3) is 0.100. The summed E-state index contributed by atoms with van der Waals surface area (Å²) in [5.74, 6) is -0.492. The molecule has 0 aromatic heterocycles. The van der Waals surface area contributed by atoms with E-state index in [0.717, 1.165) is 12.1 Å². The molecule has 0 aliphatic heterocycles. The van der Waals surface area contributed by atoms with E-state index in [1.807, 2.05) is 0 Å². The Bertz CT molecular complexity index is 1100. The lowest BCUT2D eigenvalue weighted by molar-refractivity contribution is -0.0494. The van der Waals surface area contributed by atoms with Gasteiger partial charge in [0.05, 0.1) is 7.11 Å². The van der Waals surface area contributed by atoms with E-state index in [1.165, 1.54) is 37.4 Å². The number of rotatable bonds is 7. The van der Waals surface area contributed by atoms with Crippen molar-refractivity contribution in [2.45, 2.75) is 11.5 Å². The first-order valence-electron chi connectivity index (χ1n) is 8.31. The molecule has 0 heterocycles. The van der Waals surface area contributed by atoms with Gasteiger partial charge >= 0.3 is 6.61 Å². The predicted molar refractivity (Wildman–Crippen MR) is 102 cm³/mol. The number of sulfonamides is 1.